The monoisotopic (exact) mass is 354 g/mol. The van der Waals surface area contributed by atoms with Gasteiger partial charge in [-0.15, -0.1) is 22.9 Å². The van der Waals surface area contributed by atoms with Gasteiger partial charge in [-0.25, -0.2) is 13.2 Å². The van der Waals surface area contributed by atoms with Crippen molar-refractivity contribution in [3.8, 4) is 0 Å². The Bertz CT molecular complexity index is 597. The molecule has 0 amide bonds. The zero-order chi connectivity index (χ0) is 13.4. The van der Waals surface area contributed by atoms with E-state index in [4.69, 9.17) is 11.6 Å². The first-order chi connectivity index (χ1) is 8.41. The molecule has 0 bridgehead atoms. The Morgan fingerprint density at radius 2 is 1.83 bits per heavy atom. The van der Waals surface area contributed by atoms with Gasteiger partial charge in [0.15, 0.2) is 17.5 Å². The van der Waals surface area contributed by atoms with Gasteiger partial charge in [0.2, 0.25) is 0 Å². The molecule has 0 aliphatic rings. The van der Waals surface area contributed by atoms with Crippen molar-refractivity contribution in [2.24, 2.45) is 0 Å². The molecule has 18 heavy (non-hydrogen) atoms. The predicted octanol–water partition coefficient (Wildman–Crippen LogP) is 5.56. The van der Waals surface area contributed by atoms with Gasteiger partial charge in [-0.1, -0.05) is 6.07 Å². The minimum absolute atomic E-state index is 0.0658. The van der Waals surface area contributed by atoms with Crippen LogP contribution < -0.4 is 0 Å². The molecular formula is C12H7BrClF3S. The van der Waals surface area contributed by atoms with E-state index in [2.05, 4.69) is 15.9 Å². The topological polar surface area (TPSA) is 0 Å². The van der Waals surface area contributed by atoms with E-state index in [1.54, 1.807) is 6.07 Å². The fourth-order valence-electron chi connectivity index (χ4n) is 1.61. The third-order valence-electron chi connectivity index (χ3n) is 2.54. The minimum Gasteiger partial charge on any atom is -0.204 e. The fourth-order valence-corrected chi connectivity index (χ4v) is 3.82. The molecule has 1 atom stereocenters. The van der Waals surface area contributed by atoms with Gasteiger partial charge >= 0.3 is 0 Å². The smallest absolute Gasteiger partial charge is 0.194 e. The summed E-state index contributed by atoms with van der Waals surface area (Å²) in [4.78, 5) is 0.894. The SMILES string of the molecule is Cc1sc(Br)cc1C(Cl)c1ccc(F)c(F)c1F. The molecule has 1 aromatic carbocycles. The van der Waals surface area contributed by atoms with Gasteiger partial charge in [0.05, 0.1) is 9.16 Å². The van der Waals surface area contributed by atoms with Crippen LogP contribution in [0.1, 0.15) is 21.4 Å². The summed E-state index contributed by atoms with van der Waals surface area (Å²) in [5.74, 6) is -3.95. The van der Waals surface area contributed by atoms with Crippen molar-refractivity contribution < 1.29 is 13.2 Å². The molecule has 1 aromatic heterocycles. The van der Waals surface area contributed by atoms with Crippen LogP contribution in [0.2, 0.25) is 0 Å². The van der Waals surface area contributed by atoms with Crippen molar-refractivity contribution in [3.05, 3.63) is 55.4 Å². The lowest BCUT2D eigenvalue weighted by atomic mass is 10.0. The van der Waals surface area contributed by atoms with Crippen LogP contribution >= 0.6 is 38.9 Å². The Morgan fingerprint density at radius 1 is 1.17 bits per heavy atom. The molecule has 0 spiro atoms. The van der Waals surface area contributed by atoms with Crippen molar-refractivity contribution in [2.75, 3.05) is 0 Å². The van der Waals surface area contributed by atoms with E-state index in [0.29, 0.717) is 5.56 Å². The third kappa shape index (κ3) is 2.44. The van der Waals surface area contributed by atoms with E-state index >= 15 is 0 Å². The van der Waals surface area contributed by atoms with Gasteiger partial charge in [0, 0.05) is 10.4 Å². The van der Waals surface area contributed by atoms with E-state index in [1.807, 2.05) is 6.92 Å². The van der Waals surface area contributed by atoms with Crippen LogP contribution in [-0.4, -0.2) is 0 Å². The molecule has 0 aliphatic carbocycles. The summed E-state index contributed by atoms with van der Waals surface area (Å²) in [6.07, 6.45) is 0. The third-order valence-corrected chi connectivity index (χ3v) is 4.58. The predicted molar refractivity (Wildman–Crippen MR) is 70.8 cm³/mol. The zero-order valence-electron chi connectivity index (χ0n) is 9.11. The van der Waals surface area contributed by atoms with Gasteiger partial charge in [-0.3, -0.25) is 0 Å². The summed E-state index contributed by atoms with van der Waals surface area (Å²) in [7, 11) is 0. The number of hydrogen-bond acceptors (Lipinski definition) is 1. The van der Waals surface area contributed by atoms with Crippen molar-refractivity contribution >= 4 is 38.9 Å². The lowest BCUT2D eigenvalue weighted by Crippen LogP contribution is -2.01. The standard InChI is InChI=1S/C12H7BrClF3S/c1-5-7(4-9(13)18-5)10(14)6-2-3-8(15)12(17)11(6)16/h2-4,10H,1H3. The molecule has 0 saturated carbocycles. The Hall–Kier alpha value is -0.520. The largest absolute Gasteiger partial charge is 0.204 e. The number of halogens is 5. The molecule has 96 valence electrons. The Morgan fingerprint density at radius 3 is 2.39 bits per heavy atom. The number of hydrogen-bond donors (Lipinski definition) is 0. The molecule has 0 radical (unpaired) electrons. The number of alkyl halides is 1. The lowest BCUT2D eigenvalue weighted by Gasteiger charge is -2.11. The summed E-state index contributed by atoms with van der Waals surface area (Å²) in [6, 6.07) is 3.79. The molecule has 0 saturated heterocycles. The molecular weight excluding hydrogens is 349 g/mol. The first kappa shape index (κ1) is 13.9. The average Bonchev–Trinajstić information content (AvgIpc) is 2.65. The first-order valence-electron chi connectivity index (χ1n) is 4.95. The molecule has 1 unspecified atom stereocenters. The molecule has 0 N–H and O–H groups in total. The summed E-state index contributed by atoms with van der Waals surface area (Å²) < 4.78 is 40.5. The normalized spacial score (nSPS) is 12.8. The highest BCUT2D eigenvalue weighted by Crippen LogP contribution is 2.38. The second-order valence-electron chi connectivity index (χ2n) is 3.69. The molecule has 0 fully saturated rings. The van der Waals surface area contributed by atoms with Crippen LogP contribution in [0, 0.1) is 24.4 Å². The molecule has 1 heterocycles. The fraction of sp³-hybridized carbons (Fsp3) is 0.167. The summed E-state index contributed by atoms with van der Waals surface area (Å²) in [6.45, 7) is 1.83. The Balaban J connectivity index is 2.49. The maximum Gasteiger partial charge on any atom is 0.194 e. The van der Waals surface area contributed by atoms with E-state index in [1.165, 1.54) is 11.3 Å². The van der Waals surface area contributed by atoms with Crippen LogP contribution in [0.25, 0.3) is 0 Å². The lowest BCUT2D eigenvalue weighted by molar-refractivity contribution is 0.441. The zero-order valence-corrected chi connectivity index (χ0v) is 12.3. The van der Waals surface area contributed by atoms with Crippen LogP contribution in [0.15, 0.2) is 22.0 Å². The van der Waals surface area contributed by atoms with Crippen LogP contribution in [-0.2, 0) is 0 Å². The Kier molecular flexibility index (Phi) is 4.04. The Labute approximate surface area is 120 Å². The highest BCUT2D eigenvalue weighted by atomic mass is 79.9. The van der Waals surface area contributed by atoms with E-state index in [9.17, 15) is 13.2 Å². The number of rotatable bonds is 2. The average molecular weight is 356 g/mol. The highest BCUT2D eigenvalue weighted by Gasteiger charge is 2.22. The van der Waals surface area contributed by atoms with E-state index in [0.717, 1.165) is 20.8 Å². The highest BCUT2D eigenvalue weighted by molar-refractivity contribution is 9.11. The minimum atomic E-state index is -1.50. The van der Waals surface area contributed by atoms with Crippen LogP contribution in [0.4, 0.5) is 13.2 Å². The molecule has 0 nitrogen and oxygen atoms in total. The number of aryl methyl sites for hydroxylation is 1. The summed E-state index contributed by atoms with van der Waals surface area (Å²) >= 11 is 10.9. The van der Waals surface area contributed by atoms with Gasteiger partial charge in [0.25, 0.3) is 0 Å². The van der Waals surface area contributed by atoms with Crippen LogP contribution in [0.5, 0.6) is 0 Å². The van der Waals surface area contributed by atoms with Crippen molar-refractivity contribution in [2.45, 2.75) is 12.3 Å². The second-order valence-corrected chi connectivity index (χ2v) is 6.76. The first-order valence-corrected chi connectivity index (χ1v) is 6.99. The van der Waals surface area contributed by atoms with Crippen LogP contribution in [0.3, 0.4) is 0 Å². The molecule has 2 aromatic rings. The van der Waals surface area contributed by atoms with Crippen molar-refractivity contribution in [1.82, 2.24) is 0 Å². The summed E-state index contributed by atoms with van der Waals surface area (Å²) in [5.41, 5.74) is 0.613. The molecule has 6 heteroatoms. The quantitative estimate of drug-likeness (QED) is 0.488. The van der Waals surface area contributed by atoms with Gasteiger partial charge in [-0.05, 0) is 40.5 Å². The van der Waals surface area contributed by atoms with E-state index in [-0.39, 0.29) is 5.56 Å². The maximum atomic E-state index is 13.6. The molecule has 2 rings (SSSR count). The second kappa shape index (κ2) is 5.23. The van der Waals surface area contributed by atoms with E-state index < -0.39 is 22.8 Å². The van der Waals surface area contributed by atoms with Gasteiger partial charge in [0.1, 0.15) is 0 Å². The van der Waals surface area contributed by atoms with Gasteiger partial charge < -0.3 is 0 Å². The maximum absolute atomic E-state index is 13.6. The summed E-state index contributed by atoms with van der Waals surface area (Å²) in [5, 5.41) is -0.845. The number of thiophene rings is 1. The number of benzene rings is 1. The van der Waals surface area contributed by atoms with Gasteiger partial charge in [-0.2, -0.15) is 0 Å². The molecule has 0 aliphatic heterocycles. The van der Waals surface area contributed by atoms with Crippen molar-refractivity contribution in [3.63, 3.8) is 0 Å². The van der Waals surface area contributed by atoms with Crippen molar-refractivity contribution in [1.29, 1.82) is 0 Å².